The first-order chi connectivity index (χ1) is 10.1. The number of aliphatic hydroxyl groups is 3. The van der Waals surface area contributed by atoms with E-state index in [1.807, 2.05) is 0 Å². The SMILES string of the molecule is CO.Nc1nc2c(c(=O)[nH]1)NC1CC(O)C(CO)OC1N2. The van der Waals surface area contributed by atoms with Crippen LogP contribution in [0, 0.1) is 0 Å². The van der Waals surface area contributed by atoms with Crippen molar-refractivity contribution in [1.29, 1.82) is 0 Å². The van der Waals surface area contributed by atoms with Gasteiger partial charge in [0.1, 0.15) is 18.0 Å². The summed E-state index contributed by atoms with van der Waals surface area (Å²) < 4.78 is 5.52. The van der Waals surface area contributed by atoms with Crippen LogP contribution in [-0.4, -0.2) is 63.5 Å². The molecule has 4 atom stereocenters. The van der Waals surface area contributed by atoms with Gasteiger partial charge in [-0.2, -0.15) is 4.98 Å². The molecule has 21 heavy (non-hydrogen) atoms. The summed E-state index contributed by atoms with van der Waals surface area (Å²) >= 11 is 0. The molecule has 4 unspecified atom stereocenters. The molecule has 0 spiro atoms. The number of hydrogen-bond acceptors (Lipinski definition) is 9. The minimum Gasteiger partial charge on any atom is -0.400 e. The summed E-state index contributed by atoms with van der Waals surface area (Å²) in [6, 6.07) is -0.281. The Labute approximate surface area is 120 Å². The van der Waals surface area contributed by atoms with Crippen molar-refractivity contribution in [3.05, 3.63) is 10.4 Å². The number of rotatable bonds is 1. The maximum absolute atomic E-state index is 11.7. The molecule has 10 heteroatoms. The Morgan fingerprint density at radius 1 is 1.43 bits per heavy atom. The number of nitrogens with one attached hydrogen (secondary N) is 3. The number of hydrogen-bond donors (Lipinski definition) is 7. The number of aromatic nitrogens is 2. The number of nitrogens with two attached hydrogens (primary N) is 1. The zero-order chi connectivity index (χ0) is 15.6. The molecule has 0 aromatic carbocycles. The van der Waals surface area contributed by atoms with Crippen molar-refractivity contribution in [1.82, 2.24) is 9.97 Å². The molecule has 1 aromatic heterocycles. The molecule has 3 rings (SSSR count). The van der Waals surface area contributed by atoms with Crippen LogP contribution in [0.25, 0.3) is 0 Å². The van der Waals surface area contributed by atoms with Crippen molar-refractivity contribution >= 4 is 17.5 Å². The van der Waals surface area contributed by atoms with E-state index in [2.05, 4.69) is 20.6 Å². The lowest BCUT2D eigenvalue weighted by molar-refractivity contribution is -0.130. The van der Waals surface area contributed by atoms with E-state index in [0.717, 1.165) is 7.11 Å². The normalized spacial score (nSPS) is 29.9. The van der Waals surface area contributed by atoms with E-state index in [9.17, 15) is 9.90 Å². The number of ether oxygens (including phenoxy) is 1. The van der Waals surface area contributed by atoms with Crippen LogP contribution in [0.2, 0.25) is 0 Å². The molecular weight excluding hydrogens is 282 g/mol. The lowest BCUT2D eigenvalue weighted by atomic mass is 9.98. The third-order valence-corrected chi connectivity index (χ3v) is 3.34. The maximum Gasteiger partial charge on any atom is 0.277 e. The topological polar surface area (TPSA) is 166 Å². The third kappa shape index (κ3) is 2.93. The summed E-state index contributed by atoms with van der Waals surface area (Å²) in [6.07, 6.45) is -1.58. The predicted molar refractivity (Wildman–Crippen MR) is 74.8 cm³/mol. The molecule has 0 radical (unpaired) electrons. The number of anilines is 3. The smallest absolute Gasteiger partial charge is 0.277 e. The highest BCUT2D eigenvalue weighted by Crippen LogP contribution is 2.30. The Balaban J connectivity index is 0.000000774. The average molecular weight is 301 g/mol. The fourth-order valence-corrected chi connectivity index (χ4v) is 2.39. The molecule has 2 aliphatic rings. The molecule has 118 valence electrons. The van der Waals surface area contributed by atoms with Crippen molar-refractivity contribution in [3.8, 4) is 0 Å². The minimum absolute atomic E-state index is 0.00560. The number of nitrogens with zero attached hydrogens (tertiary/aromatic N) is 1. The van der Waals surface area contributed by atoms with E-state index in [1.165, 1.54) is 0 Å². The number of nitrogen functional groups attached to an aromatic ring is 1. The lowest BCUT2D eigenvalue weighted by Gasteiger charge is -2.42. The Bertz CT molecular complexity index is 550. The standard InChI is InChI=1S/C10H15N5O4.CH4O/c11-10-14-7-6(8(18)15-10)12-3-1-4(17)5(2-16)19-9(3)13-7;1-2/h3-5,9,12,16-17H,1-2H2,(H4,11,13,14,15,18);2H,1H3. The molecule has 1 aromatic rings. The molecular formula is C11H19N5O5. The molecule has 0 bridgehead atoms. The van der Waals surface area contributed by atoms with Gasteiger partial charge < -0.3 is 36.4 Å². The monoisotopic (exact) mass is 301 g/mol. The van der Waals surface area contributed by atoms with Gasteiger partial charge in [0.05, 0.1) is 18.8 Å². The van der Waals surface area contributed by atoms with Crippen molar-refractivity contribution in [2.45, 2.75) is 30.9 Å². The van der Waals surface area contributed by atoms with Gasteiger partial charge in [-0.3, -0.25) is 9.78 Å². The van der Waals surface area contributed by atoms with Crippen molar-refractivity contribution < 1.29 is 20.1 Å². The fraction of sp³-hybridized carbons (Fsp3) is 0.636. The zero-order valence-electron chi connectivity index (χ0n) is 11.4. The predicted octanol–water partition coefficient (Wildman–Crippen LogP) is -2.37. The van der Waals surface area contributed by atoms with E-state index in [1.54, 1.807) is 0 Å². The van der Waals surface area contributed by atoms with Crippen molar-refractivity contribution in [2.24, 2.45) is 0 Å². The Morgan fingerprint density at radius 3 is 2.81 bits per heavy atom. The second-order valence-electron chi connectivity index (χ2n) is 4.65. The average Bonchev–Trinajstić information content (AvgIpc) is 2.47. The highest BCUT2D eigenvalue weighted by Gasteiger charge is 2.40. The molecule has 10 nitrogen and oxygen atoms in total. The molecule has 8 N–H and O–H groups in total. The summed E-state index contributed by atoms with van der Waals surface area (Å²) in [5.74, 6) is 0.307. The van der Waals surface area contributed by atoms with E-state index >= 15 is 0 Å². The first kappa shape index (κ1) is 15.5. The molecule has 1 fully saturated rings. The van der Waals surface area contributed by atoms with E-state index < -0.39 is 18.4 Å². The molecule has 1 saturated heterocycles. The highest BCUT2D eigenvalue weighted by atomic mass is 16.5. The van der Waals surface area contributed by atoms with Gasteiger partial charge in [-0.25, -0.2) is 0 Å². The molecule has 0 aliphatic carbocycles. The van der Waals surface area contributed by atoms with Crippen LogP contribution >= 0.6 is 0 Å². The van der Waals surface area contributed by atoms with E-state index in [0.29, 0.717) is 12.2 Å². The number of fused-ring (bicyclic) bond motifs is 2. The van der Waals surface area contributed by atoms with Crippen LogP contribution in [0.5, 0.6) is 0 Å². The van der Waals surface area contributed by atoms with Crippen LogP contribution in [0.4, 0.5) is 17.5 Å². The summed E-state index contributed by atoms with van der Waals surface area (Å²) in [6.45, 7) is -0.274. The lowest BCUT2D eigenvalue weighted by Crippen LogP contribution is -2.57. The van der Waals surface area contributed by atoms with Gasteiger partial charge in [0, 0.05) is 13.5 Å². The second-order valence-corrected chi connectivity index (χ2v) is 4.65. The van der Waals surface area contributed by atoms with Crippen LogP contribution < -0.4 is 21.9 Å². The maximum atomic E-state index is 11.7. The summed E-state index contributed by atoms with van der Waals surface area (Å²) in [4.78, 5) is 18.1. The van der Waals surface area contributed by atoms with Crippen molar-refractivity contribution in [2.75, 3.05) is 30.1 Å². The van der Waals surface area contributed by atoms with E-state index in [-0.39, 0.29) is 29.8 Å². The zero-order valence-corrected chi connectivity index (χ0v) is 11.4. The third-order valence-electron chi connectivity index (χ3n) is 3.34. The first-order valence-corrected chi connectivity index (χ1v) is 6.40. The summed E-state index contributed by atoms with van der Waals surface area (Å²) in [7, 11) is 1.00. The number of H-pyrrole nitrogens is 1. The molecule has 0 saturated carbocycles. The Morgan fingerprint density at radius 2 is 2.14 bits per heavy atom. The van der Waals surface area contributed by atoms with Gasteiger partial charge in [-0.1, -0.05) is 0 Å². The van der Waals surface area contributed by atoms with Gasteiger partial charge in [-0.15, -0.1) is 0 Å². The molecule has 2 aliphatic heterocycles. The highest BCUT2D eigenvalue weighted by molar-refractivity contribution is 5.67. The van der Waals surface area contributed by atoms with E-state index in [4.69, 9.17) is 20.7 Å². The Kier molecular flexibility index (Phi) is 4.63. The minimum atomic E-state index is -0.789. The molecule has 0 amide bonds. The quantitative estimate of drug-likeness (QED) is 0.300. The van der Waals surface area contributed by atoms with Gasteiger partial charge in [-0.05, 0) is 0 Å². The van der Waals surface area contributed by atoms with Crippen molar-refractivity contribution in [3.63, 3.8) is 0 Å². The molecule has 3 heterocycles. The summed E-state index contributed by atoms with van der Waals surface area (Å²) in [5.41, 5.74) is 5.36. The second kappa shape index (κ2) is 6.26. The van der Waals surface area contributed by atoms with Gasteiger partial charge in [0.2, 0.25) is 5.95 Å². The van der Waals surface area contributed by atoms with Crippen LogP contribution in [0.3, 0.4) is 0 Å². The fourth-order valence-electron chi connectivity index (χ4n) is 2.39. The number of aliphatic hydroxyl groups excluding tert-OH is 3. The van der Waals surface area contributed by atoms with Crippen LogP contribution in [0.1, 0.15) is 6.42 Å². The summed E-state index contributed by atoms with van der Waals surface area (Å²) in [5, 5.41) is 31.8. The number of aromatic amines is 1. The van der Waals surface area contributed by atoms with Crippen LogP contribution in [-0.2, 0) is 4.74 Å². The van der Waals surface area contributed by atoms with Gasteiger partial charge in [0.25, 0.3) is 5.56 Å². The van der Waals surface area contributed by atoms with Crippen LogP contribution in [0.15, 0.2) is 4.79 Å². The largest absolute Gasteiger partial charge is 0.400 e. The Hall–Kier alpha value is -1.88. The van der Waals surface area contributed by atoms with Gasteiger partial charge >= 0.3 is 0 Å². The first-order valence-electron chi connectivity index (χ1n) is 6.40. The van der Waals surface area contributed by atoms with Gasteiger partial charge in [0.15, 0.2) is 5.82 Å².